The third-order valence-electron chi connectivity index (χ3n) is 5.64. The second-order valence-electron chi connectivity index (χ2n) is 8.36. The summed E-state index contributed by atoms with van der Waals surface area (Å²) < 4.78 is 28.6. The summed E-state index contributed by atoms with van der Waals surface area (Å²) in [5.41, 5.74) is 0.189. The fourth-order valence-electron chi connectivity index (χ4n) is 3.96. The number of carbonyl (C=O) groups excluding carboxylic acids is 1. The van der Waals surface area contributed by atoms with Crippen LogP contribution in [-0.2, 0) is 9.84 Å². The quantitative estimate of drug-likeness (QED) is 0.673. The van der Waals surface area contributed by atoms with E-state index in [0.717, 1.165) is 50.2 Å². The van der Waals surface area contributed by atoms with Gasteiger partial charge in [-0.15, -0.1) is 0 Å². The Balaban J connectivity index is 1.82. The van der Waals surface area contributed by atoms with Gasteiger partial charge in [-0.1, -0.05) is 25.3 Å². The summed E-state index contributed by atoms with van der Waals surface area (Å²) in [6.45, 7) is 1.68. The maximum absolute atomic E-state index is 12.8. The van der Waals surface area contributed by atoms with Crippen molar-refractivity contribution in [1.29, 1.82) is 0 Å². The summed E-state index contributed by atoms with van der Waals surface area (Å²) in [7, 11) is -3.28. The van der Waals surface area contributed by atoms with E-state index in [0.29, 0.717) is 18.7 Å². The van der Waals surface area contributed by atoms with Gasteiger partial charge in [-0.3, -0.25) is 4.79 Å². The number of aliphatic hydroxyl groups excluding tert-OH is 1. The lowest BCUT2D eigenvalue weighted by Crippen LogP contribution is -2.36. The van der Waals surface area contributed by atoms with Crippen LogP contribution in [-0.4, -0.2) is 53.9 Å². The molecule has 0 bridgehead atoms. The fraction of sp³-hybridized carbons (Fsp3) is 0.667. The lowest BCUT2D eigenvalue weighted by Gasteiger charge is -2.28. The topological polar surface area (TPSA) is 118 Å². The zero-order valence-electron chi connectivity index (χ0n) is 17.6. The van der Waals surface area contributed by atoms with Gasteiger partial charge in [0.25, 0.3) is 5.91 Å². The average Bonchev–Trinajstić information content (AvgIpc) is 3.22. The molecule has 0 saturated heterocycles. The predicted octanol–water partition coefficient (Wildman–Crippen LogP) is 2.49. The number of hydrogen-bond donors (Lipinski definition) is 2. The molecule has 1 heterocycles. The second kappa shape index (κ2) is 9.87. The molecule has 2 aliphatic rings. The van der Waals surface area contributed by atoms with E-state index in [4.69, 9.17) is 4.74 Å². The van der Waals surface area contributed by atoms with E-state index >= 15 is 0 Å². The lowest BCUT2D eigenvalue weighted by molar-refractivity contribution is 0.00378. The van der Waals surface area contributed by atoms with Gasteiger partial charge in [0.05, 0.1) is 6.10 Å². The molecule has 8 nitrogen and oxygen atoms in total. The molecule has 2 fully saturated rings. The van der Waals surface area contributed by atoms with Crippen LogP contribution in [0.5, 0.6) is 5.88 Å². The Labute approximate surface area is 178 Å². The minimum Gasteiger partial charge on any atom is -0.471 e. The number of sulfone groups is 1. The minimum atomic E-state index is -3.28. The van der Waals surface area contributed by atoms with E-state index in [-0.39, 0.29) is 17.4 Å². The van der Waals surface area contributed by atoms with Crippen molar-refractivity contribution in [2.45, 2.75) is 82.5 Å². The highest BCUT2D eigenvalue weighted by Crippen LogP contribution is 2.34. The SMILES string of the molecule is CC(/C=C/S(C)(=O)=O)NC(=O)c1cnc(C2CCCC2)nc1O[C@H]1CCCC[C@@H]1O. The first-order chi connectivity index (χ1) is 14.2. The molecule has 0 aliphatic heterocycles. The Morgan fingerprint density at radius 1 is 1.23 bits per heavy atom. The molecule has 2 N–H and O–H groups in total. The lowest BCUT2D eigenvalue weighted by atomic mass is 9.95. The Morgan fingerprint density at radius 3 is 2.57 bits per heavy atom. The first-order valence-electron chi connectivity index (χ1n) is 10.6. The van der Waals surface area contributed by atoms with Gasteiger partial charge >= 0.3 is 0 Å². The summed E-state index contributed by atoms with van der Waals surface area (Å²) >= 11 is 0. The smallest absolute Gasteiger partial charge is 0.258 e. The summed E-state index contributed by atoms with van der Waals surface area (Å²) in [6, 6.07) is -0.505. The number of hydrogen-bond acceptors (Lipinski definition) is 7. The van der Waals surface area contributed by atoms with E-state index in [2.05, 4.69) is 15.3 Å². The van der Waals surface area contributed by atoms with Crippen LogP contribution >= 0.6 is 0 Å². The zero-order chi connectivity index (χ0) is 21.7. The van der Waals surface area contributed by atoms with Gasteiger partial charge < -0.3 is 15.2 Å². The third kappa shape index (κ3) is 6.25. The fourth-order valence-corrected chi connectivity index (χ4v) is 4.48. The van der Waals surface area contributed by atoms with Gasteiger partial charge in [0.2, 0.25) is 5.88 Å². The molecule has 1 aromatic rings. The van der Waals surface area contributed by atoms with Crippen LogP contribution < -0.4 is 10.1 Å². The molecule has 1 amide bonds. The van der Waals surface area contributed by atoms with Gasteiger partial charge in [0.15, 0.2) is 9.84 Å². The van der Waals surface area contributed by atoms with Gasteiger partial charge in [-0.2, -0.15) is 4.98 Å². The number of ether oxygens (including phenoxy) is 1. The first kappa shape index (κ1) is 22.7. The van der Waals surface area contributed by atoms with Crippen molar-refractivity contribution in [3.63, 3.8) is 0 Å². The number of nitrogens with one attached hydrogen (secondary N) is 1. The molecule has 1 aromatic heterocycles. The average molecular weight is 438 g/mol. The Morgan fingerprint density at radius 2 is 1.90 bits per heavy atom. The van der Waals surface area contributed by atoms with Crippen molar-refractivity contribution in [2.75, 3.05) is 6.26 Å². The van der Waals surface area contributed by atoms with Crippen LogP contribution in [0.25, 0.3) is 0 Å². The van der Waals surface area contributed by atoms with Crippen LogP contribution in [0.1, 0.15) is 80.4 Å². The van der Waals surface area contributed by atoms with Crippen molar-refractivity contribution < 1.29 is 23.1 Å². The van der Waals surface area contributed by atoms with E-state index < -0.39 is 34.0 Å². The second-order valence-corrected chi connectivity index (χ2v) is 10.3. The molecule has 0 spiro atoms. The van der Waals surface area contributed by atoms with Gasteiger partial charge in [-0.25, -0.2) is 13.4 Å². The number of aromatic nitrogens is 2. The normalized spacial score (nSPS) is 24.1. The number of rotatable bonds is 7. The number of aliphatic hydroxyl groups is 1. The monoisotopic (exact) mass is 437 g/mol. The summed E-state index contributed by atoms with van der Waals surface area (Å²) in [4.78, 5) is 21.8. The summed E-state index contributed by atoms with van der Waals surface area (Å²) in [5, 5.41) is 14.1. The Hall–Kier alpha value is -2.00. The molecule has 9 heteroatoms. The summed E-state index contributed by atoms with van der Waals surface area (Å²) in [6.07, 6.45) is 10.6. The first-order valence-corrected chi connectivity index (χ1v) is 12.6. The van der Waals surface area contributed by atoms with Crippen molar-refractivity contribution in [1.82, 2.24) is 15.3 Å². The van der Waals surface area contributed by atoms with E-state index in [9.17, 15) is 18.3 Å². The van der Waals surface area contributed by atoms with E-state index in [1.165, 1.54) is 12.3 Å². The highest BCUT2D eigenvalue weighted by atomic mass is 32.2. The molecule has 1 unspecified atom stereocenters. The van der Waals surface area contributed by atoms with Gasteiger partial charge in [-0.05, 0) is 39.0 Å². The molecular formula is C21H31N3O5S. The Bertz CT molecular complexity index is 881. The molecule has 2 aliphatic carbocycles. The molecule has 2 saturated carbocycles. The van der Waals surface area contributed by atoms with Crippen LogP contribution in [0.3, 0.4) is 0 Å². The van der Waals surface area contributed by atoms with Gasteiger partial charge in [0, 0.05) is 29.8 Å². The van der Waals surface area contributed by atoms with E-state index in [1.54, 1.807) is 6.92 Å². The van der Waals surface area contributed by atoms with Crippen molar-refractivity contribution >= 4 is 15.7 Å². The van der Waals surface area contributed by atoms with Crippen LogP contribution in [0, 0.1) is 0 Å². The van der Waals surface area contributed by atoms with Crippen LogP contribution in [0.15, 0.2) is 17.7 Å². The van der Waals surface area contributed by atoms with Crippen molar-refractivity contribution in [3.05, 3.63) is 29.1 Å². The van der Waals surface area contributed by atoms with Crippen molar-refractivity contribution in [2.24, 2.45) is 0 Å². The standard InChI is InChI=1S/C21H31N3O5S/c1-14(11-12-30(2,27)28)23-20(26)16-13-22-19(15-7-3-4-8-15)24-21(16)29-18-10-6-5-9-17(18)25/h11-15,17-18,25H,3-10H2,1-2H3,(H,23,26)/b12-11+/t14?,17-,18-/m0/s1. The van der Waals surface area contributed by atoms with Crippen LogP contribution in [0.2, 0.25) is 0 Å². The van der Waals surface area contributed by atoms with Crippen LogP contribution in [0.4, 0.5) is 0 Å². The number of nitrogens with zero attached hydrogens (tertiary/aromatic N) is 2. The van der Waals surface area contributed by atoms with E-state index in [1.807, 2.05) is 0 Å². The number of amides is 1. The zero-order valence-corrected chi connectivity index (χ0v) is 18.4. The largest absolute Gasteiger partial charge is 0.471 e. The molecule has 3 rings (SSSR count). The highest BCUT2D eigenvalue weighted by molar-refractivity contribution is 7.93. The molecule has 3 atom stereocenters. The number of carbonyl (C=O) groups is 1. The minimum absolute atomic E-state index is 0.189. The predicted molar refractivity (Wildman–Crippen MR) is 113 cm³/mol. The maximum Gasteiger partial charge on any atom is 0.258 e. The molecule has 0 radical (unpaired) electrons. The summed E-state index contributed by atoms with van der Waals surface area (Å²) in [5.74, 6) is 0.681. The third-order valence-corrected chi connectivity index (χ3v) is 6.29. The van der Waals surface area contributed by atoms with Gasteiger partial charge in [0.1, 0.15) is 17.5 Å². The molecule has 30 heavy (non-hydrogen) atoms. The molecular weight excluding hydrogens is 406 g/mol. The maximum atomic E-state index is 12.8. The Kier molecular flexibility index (Phi) is 7.46. The highest BCUT2D eigenvalue weighted by Gasteiger charge is 2.29. The molecule has 0 aromatic carbocycles. The molecule has 166 valence electrons. The van der Waals surface area contributed by atoms with Crippen molar-refractivity contribution in [3.8, 4) is 5.88 Å².